The molecule has 0 amide bonds. The summed E-state index contributed by atoms with van der Waals surface area (Å²) in [6.45, 7) is 3.45. The molecule has 30 heavy (non-hydrogen) atoms. The molecule has 0 radical (unpaired) electrons. The quantitative estimate of drug-likeness (QED) is 0.305. The van der Waals surface area contributed by atoms with Crippen LogP contribution in [0.3, 0.4) is 0 Å². The molecule has 0 saturated heterocycles. The van der Waals surface area contributed by atoms with Crippen LogP contribution >= 0.6 is 34.0 Å². The summed E-state index contributed by atoms with van der Waals surface area (Å²) in [5.74, 6) is 0. The van der Waals surface area contributed by atoms with E-state index in [0.29, 0.717) is 0 Å². The van der Waals surface area contributed by atoms with Gasteiger partial charge in [0.2, 0.25) is 0 Å². The molecule has 0 saturated carbocycles. The maximum Gasteiger partial charge on any atom is 0.268 e. The fraction of sp³-hybridized carbons (Fsp3) is 0.200. The Kier molecular flexibility index (Phi) is 7.06. The van der Waals surface area contributed by atoms with Crippen LogP contribution in [-0.4, -0.2) is 32.3 Å². The summed E-state index contributed by atoms with van der Waals surface area (Å²) in [6, 6.07) is 22.5. The minimum absolute atomic E-state index is 0.266. The smallest absolute Gasteiger partial charge is 0.268 e. The second kappa shape index (κ2) is 9.93. The number of hydrogen-bond donors (Lipinski definition) is 0. The third kappa shape index (κ3) is 4.87. The van der Waals surface area contributed by atoms with Crippen LogP contribution in [0.1, 0.15) is 22.4 Å². The first-order valence-corrected chi connectivity index (χ1v) is 12.8. The Morgan fingerprint density at radius 2 is 1.40 bits per heavy atom. The summed E-state index contributed by atoms with van der Waals surface area (Å²) < 4.78 is 2.82. The zero-order valence-corrected chi connectivity index (χ0v) is 20.1. The molecule has 0 aliphatic rings. The molecule has 4 aromatic rings. The summed E-state index contributed by atoms with van der Waals surface area (Å²) in [6.07, 6.45) is 1.02. The van der Waals surface area contributed by atoms with Crippen molar-refractivity contribution in [1.82, 2.24) is 4.90 Å². The maximum absolute atomic E-state index is 2.30. The standard InChI is InChI=1S/C25H26BNS3/c1-19-10-12-20(13-11-19)21(14-15-27(2)3)25(22-7-4-16-28-22)26(23-8-5-17-29-23)24-9-6-18-30-24/h4-13,16-18H,14-15H2,1-3H3/b25-21+. The van der Waals surface area contributed by atoms with Gasteiger partial charge in [0.05, 0.1) is 0 Å². The highest BCUT2D eigenvalue weighted by molar-refractivity contribution is 7.35. The molecule has 0 atom stereocenters. The van der Waals surface area contributed by atoms with Crippen LogP contribution in [0.4, 0.5) is 0 Å². The van der Waals surface area contributed by atoms with E-state index in [1.54, 1.807) is 0 Å². The number of nitrogens with zero attached hydrogens (tertiary/aromatic N) is 1. The zero-order chi connectivity index (χ0) is 20.9. The van der Waals surface area contributed by atoms with Crippen molar-refractivity contribution in [3.05, 3.63) is 92.8 Å². The second-order valence-corrected chi connectivity index (χ2v) is 10.7. The molecule has 1 aromatic carbocycles. The average molecular weight is 448 g/mol. The molecule has 152 valence electrons. The van der Waals surface area contributed by atoms with Crippen molar-refractivity contribution in [3.63, 3.8) is 0 Å². The Labute approximate surface area is 192 Å². The van der Waals surface area contributed by atoms with Gasteiger partial charge >= 0.3 is 0 Å². The first-order valence-electron chi connectivity index (χ1n) is 10.2. The van der Waals surface area contributed by atoms with E-state index in [1.807, 2.05) is 34.0 Å². The van der Waals surface area contributed by atoms with Crippen LogP contribution in [0, 0.1) is 6.92 Å². The minimum Gasteiger partial charge on any atom is -0.309 e. The molecule has 0 spiro atoms. The van der Waals surface area contributed by atoms with E-state index in [9.17, 15) is 0 Å². The van der Waals surface area contributed by atoms with E-state index in [-0.39, 0.29) is 6.71 Å². The van der Waals surface area contributed by atoms with Gasteiger partial charge in [-0.3, -0.25) is 0 Å². The maximum atomic E-state index is 2.30. The van der Waals surface area contributed by atoms with Gasteiger partial charge in [-0.05, 0) is 75.8 Å². The average Bonchev–Trinajstić information content (AvgIpc) is 3.51. The predicted octanol–water partition coefficient (Wildman–Crippen LogP) is 5.89. The lowest BCUT2D eigenvalue weighted by Gasteiger charge is -2.22. The molecule has 4 rings (SSSR count). The SMILES string of the molecule is Cc1ccc(/C(CCN(C)C)=C(/B(c2cccs2)c2cccs2)c2cccs2)cc1. The van der Waals surface area contributed by atoms with Crippen molar-refractivity contribution in [1.29, 1.82) is 0 Å². The molecular weight excluding hydrogens is 421 g/mol. The Hall–Kier alpha value is -1.92. The lowest BCUT2D eigenvalue weighted by molar-refractivity contribution is 0.419. The van der Waals surface area contributed by atoms with Crippen LogP contribution in [0.15, 0.2) is 76.8 Å². The molecule has 0 bridgehead atoms. The van der Waals surface area contributed by atoms with Crippen molar-refractivity contribution in [3.8, 4) is 0 Å². The van der Waals surface area contributed by atoms with Gasteiger partial charge in [0, 0.05) is 11.4 Å². The summed E-state index contributed by atoms with van der Waals surface area (Å²) >= 11 is 5.57. The summed E-state index contributed by atoms with van der Waals surface area (Å²) in [7, 11) is 4.32. The van der Waals surface area contributed by atoms with Crippen LogP contribution in [0.5, 0.6) is 0 Å². The highest BCUT2D eigenvalue weighted by Gasteiger charge is 2.30. The van der Waals surface area contributed by atoms with Crippen molar-refractivity contribution in [2.75, 3.05) is 20.6 Å². The Morgan fingerprint density at radius 1 is 0.800 bits per heavy atom. The molecule has 0 unspecified atom stereocenters. The largest absolute Gasteiger partial charge is 0.309 e. The monoisotopic (exact) mass is 447 g/mol. The first-order chi connectivity index (χ1) is 14.6. The molecule has 3 heterocycles. The van der Waals surface area contributed by atoms with Crippen molar-refractivity contribution >= 4 is 61.3 Å². The van der Waals surface area contributed by atoms with Crippen molar-refractivity contribution in [2.45, 2.75) is 13.3 Å². The predicted molar refractivity (Wildman–Crippen MR) is 139 cm³/mol. The van der Waals surface area contributed by atoms with E-state index >= 15 is 0 Å². The summed E-state index contributed by atoms with van der Waals surface area (Å²) in [5, 5.41) is 6.61. The topological polar surface area (TPSA) is 3.24 Å². The van der Waals surface area contributed by atoms with E-state index in [2.05, 4.69) is 103 Å². The number of rotatable bonds is 8. The van der Waals surface area contributed by atoms with E-state index < -0.39 is 0 Å². The molecule has 1 nitrogen and oxygen atoms in total. The third-order valence-corrected chi connectivity index (χ3v) is 8.04. The van der Waals surface area contributed by atoms with Crippen LogP contribution < -0.4 is 9.55 Å². The van der Waals surface area contributed by atoms with Crippen LogP contribution in [0.25, 0.3) is 11.0 Å². The summed E-state index contributed by atoms with van der Waals surface area (Å²) in [4.78, 5) is 3.65. The van der Waals surface area contributed by atoms with Gasteiger partial charge in [-0.25, -0.2) is 0 Å². The molecule has 0 N–H and O–H groups in total. The lowest BCUT2D eigenvalue weighted by Crippen LogP contribution is -2.40. The highest BCUT2D eigenvalue weighted by atomic mass is 32.1. The molecule has 5 heteroatoms. The van der Waals surface area contributed by atoms with E-state index in [0.717, 1.165) is 13.0 Å². The van der Waals surface area contributed by atoms with Crippen molar-refractivity contribution < 1.29 is 0 Å². The fourth-order valence-corrected chi connectivity index (χ4v) is 6.37. The van der Waals surface area contributed by atoms with E-state index in [1.165, 1.54) is 36.6 Å². The minimum atomic E-state index is 0.266. The van der Waals surface area contributed by atoms with Gasteiger partial charge in [-0.15, -0.1) is 11.3 Å². The molecule has 3 aromatic heterocycles. The Balaban J connectivity index is 1.98. The molecular formula is C25H26BNS3. The first kappa shape index (κ1) is 21.3. The number of aryl methyl sites for hydroxylation is 1. The highest BCUT2D eigenvalue weighted by Crippen LogP contribution is 2.34. The van der Waals surface area contributed by atoms with E-state index in [4.69, 9.17) is 0 Å². The van der Waals surface area contributed by atoms with Gasteiger partial charge in [0.25, 0.3) is 6.71 Å². The zero-order valence-electron chi connectivity index (χ0n) is 17.7. The second-order valence-electron chi connectivity index (χ2n) is 7.75. The Morgan fingerprint density at radius 3 is 1.90 bits per heavy atom. The normalized spacial score (nSPS) is 12.3. The Bertz CT molecular complexity index is 1030. The summed E-state index contributed by atoms with van der Waals surface area (Å²) in [5.41, 5.74) is 5.55. The number of hydrogen-bond acceptors (Lipinski definition) is 4. The fourth-order valence-electron chi connectivity index (χ4n) is 3.76. The molecule has 0 aliphatic heterocycles. The van der Waals surface area contributed by atoms with Gasteiger partial charge in [0.1, 0.15) is 0 Å². The van der Waals surface area contributed by atoms with Crippen molar-refractivity contribution in [2.24, 2.45) is 0 Å². The number of benzene rings is 1. The lowest BCUT2D eigenvalue weighted by atomic mass is 9.41. The third-order valence-electron chi connectivity index (χ3n) is 5.26. The molecule has 0 fully saturated rings. The van der Waals surface area contributed by atoms with Gasteiger partial charge < -0.3 is 4.90 Å². The molecule has 0 aliphatic carbocycles. The van der Waals surface area contributed by atoms with Crippen LogP contribution in [-0.2, 0) is 0 Å². The van der Waals surface area contributed by atoms with Crippen LogP contribution in [0.2, 0.25) is 0 Å². The van der Waals surface area contributed by atoms with Gasteiger partial charge in [-0.2, -0.15) is 22.7 Å². The van der Waals surface area contributed by atoms with Gasteiger partial charge in [-0.1, -0.05) is 60.2 Å². The number of thiophene rings is 3. The van der Waals surface area contributed by atoms with Gasteiger partial charge in [0.15, 0.2) is 0 Å².